The van der Waals surface area contributed by atoms with Crippen molar-refractivity contribution in [1.29, 1.82) is 0 Å². The third kappa shape index (κ3) is 5.37. The lowest BCUT2D eigenvalue weighted by Crippen LogP contribution is -2.75. The average molecular weight is 789 g/mol. The van der Waals surface area contributed by atoms with Gasteiger partial charge < -0.3 is 19.7 Å². The van der Waals surface area contributed by atoms with Gasteiger partial charge in [-0.2, -0.15) is 74.6 Å². The van der Waals surface area contributed by atoms with Crippen LogP contribution in [0.4, 0.5) is 80.5 Å². The molecule has 2 aromatic heterocycles. The van der Waals surface area contributed by atoms with Crippen LogP contribution in [0.2, 0.25) is 0 Å². The summed E-state index contributed by atoms with van der Waals surface area (Å²) in [7, 11) is -3.94. The first-order valence-electron chi connectivity index (χ1n) is 12.9. The van der Waals surface area contributed by atoms with Gasteiger partial charge >= 0.3 is 55.6 Å². The third-order valence-electron chi connectivity index (χ3n) is 7.68. The number of fused-ring (bicyclic) bond motifs is 3. The van der Waals surface area contributed by atoms with Crippen molar-refractivity contribution in [2.45, 2.75) is 85.1 Å². The van der Waals surface area contributed by atoms with Gasteiger partial charge in [-0.1, -0.05) is 6.92 Å². The lowest BCUT2D eigenvalue weighted by Gasteiger charge is -2.42. The Bertz CT molecular complexity index is 1660. The summed E-state index contributed by atoms with van der Waals surface area (Å²) < 4.78 is 266. The Morgan fingerprint density at radius 3 is 1.90 bits per heavy atom. The van der Waals surface area contributed by atoms with Crippen molar-refractivity contribution in [3.05, 3.63) is 12.7 Å². The van der Waals surface area contributed by atoms with Crippen LogP contribution in [0.3, 0.4) is 0 Å². The molecule has 4 heterocycles. The summed E-state index contributed by atoms with van der Waals surface area (Å²) >= 11 is 0. The van der Waals surface area contributed by atoms with E-state index in [9.17, 15) is 84.1 Å². The Hall–Kier alpha value is -2.81. The molecular formula is C21H17F17N5O6P. The number of phosphoric acid groups is 1. The van der Waals surface area contributed by atoms with Crippen LogP contribution in [-0.2, 0) is 23.1 Å². The van der Waals surface area contributed by atoms with Crippen LogP contribution in [0.5, 0.6) is 0 Å². The smallest absolute Gasteiger partial charge is 0.368 e. The molecule has 0 aromatic carbocycles. The highest BCUT2D eigenvalue weighted by Gasteiger charge is 2.95. The first-order chi connectivity index (χ1) is 22.3. The highest BCUT2D eigenvalue weighted by Crippen LogP contribution is 2.64. The van der Waals surface area contributed by atoms with Gasteiger partial charge in [-0.3, -0.25) is 13.6 Å². The molecule has 2 aromatic rings. The maximum atomic E-state index is 14.7. The first kappa shape index (κ1) is 40.0. The van der Waals surface area contributed by atoms with E-state index in [1.165, 1.54) is 6.92 Å². The summed E-state index contributed by atoms with van der Waals surface area (Å²) in [6, 6.07) is -7.01. The maximum absolute atomic E-state index is 14.7. The number of phosphoric ester groups is 1. The minimum Gasteiger partial charge on any atom is -0.368 e. The summed E-state index contributed by atoms with van der Waals surface area (Å²) in [6.45, 7) is 1.22. The van der Waals surface area contributed by atoms with Gasteiger partial charge in [-0.15, -0.1) is 0 Å². The standard InChI is InChI=1S/C21H17F17N5O6P/c1-3-13-4-47-8(9(13)49-50(44,45)46-2)12(48-13)43-6-41-7-10(39-5-40-11(7)43)42-21(37,38)19(32,33)17(28,29)15(24,25)14(22,23)16(26,27)18(30,31)20(34,35)36/h5-6,8-9,12H,3-4H2,1-2H3,(H,44,45)(H,39,40,42)/t8?,9?,12-,13+/m1/s1. The molecular weight excluding hydrogens is 772 g/mol. The molecule has 2 N–H and O–H groups in total. The molecule has 2 bridgehead atoms. The minimum atomic E-state index is -8.78. The second kappa shape index (κ2) is 11.6. The molecule has 0 saturated carbocycles. The van der Waals surface area contributed by atoms with Crippen molar-refractivity contribution >= 4 is 24.8 Å². The van der Waals surface area contributed by atoms with Crippen molar-refractivity contribution in [2.75, 3.05) is 19.0 Å². The van der Waals surface area contributed by atoms with Crippen LogP contribution in [0, 0.1) is 0 Å². The van der Waals surface area contributed by atoms with Crippen LogP contribution in [-0.4, -0.2) is 104 Å². The summed E-state index contributed by atoms with van der Waals surface area (Å²) in [5, 5.41) is 0.161. The topological polar surface area (TPSA) is 130 Å². The number of halogens is 17. The molecule has 4 rings (SSSR count). The van der Waals surface area contributed by atoms with Gasteiger partial charge in [0, 0.05) is 7.11 Å². The van der Waals surface area contributed by atoms with E-state index < -0.39 is 96.6 Å². The van der Waals surface area contributed by atoms with Crippen LogP contribution in [0.25, 0.3) is 11.2 Å². The number of nitrogens with zero attached hydrogens (tertiary/aromatic N) is 4. The molecule has 0 aliphatic carbocycles. The van der Waals surface area contributed by atoms with Gasteiger partial charge in [-0.25, -0.2) is 19.5 Å². The van der Waals surface area contributed by atoms with Gasteiger partial charge in [-0.05, 0) is 6.42 Å². The number of ether oxygens (including phenoxy) is 2. The number of anilines is 1. The summed E-state index contributed by atoms with van der Waals surface area (Å²) in [5.74, 6) is -52.8. The number of nitrogens with one attached hydrogen (secondary N) is 1. The largest absolute Gasteiger partial charge is 0.472 e. The van der Waals surface area contributed by atoms with Gasteiger partial charge in [0.25, 0.3) is 0 Å². The molecule has 2 saturated heterocycles. The summed E-state index contributed by atoms with van der Waals surface area (Å²) in [4.78, 5) is 19.8. The number of alkyl halides is 17. The molecule has 29 heteroatoms. The fourth-order valence-electron chi connectivity index (χ4n) is 4.81. The molecule has 2 aliphatic rings. The molecule has 286 valence electrons. The van der Waals surface area contributed by atoms with Crippen LogP contribution < -0.4 is 5.32 Å². The molecule has 11 nitrogen and oxygen atoms in total. The zero-order valence-corrected chi connectivity index (χ0v) is 24.8. The predicted octanol–water partition coefficient (Wildman–Crippen LogP) is 6.41. The van der Waals surface area contributed by atoms with Gasteiger partial charge in [0.15, 0.2) is 23.2 Å². The van der Waals surface area contributed by atoms with Crippen molar-refractivity contribution < 1.29 is 103 Å². The summed E-state index contributed by atoms with van der Waals surface area (Å²) in [5.41, 5.74) is -3.41. The van der Waals surface area contributed by atoms with E-state index in [4.69, 9.17) is 14.0 Å². The zero-order valence-electron chi connectivity index (χ0n) is 24.0. The average Bonchev–Trinajstić information content (AvgIpc) is 3.66. The number of imidazole rings is 1. The SMILES string of the molecule is CC[C@]12COC(C1OP(=O)(O)OC)[C@H](n1cnc3c(NC(F)(F)C(F)(F)C(F)(F)C(F)(F)C(F)(F)C(F)(F)C(F)(F)C(F)(F)F)ncnc31)O2. The quantitative estimate of drug-likeness (QED) is 0.133. The van der Waals surface area contributed by atoms with E-state index in [2.05, 4.69) is 19.5 Å². The number of hydrogen-bond acceptors (Lipinski definition) is 9. The Kier molecular flexibility index (Phi) is 9.27. The van der Waals surface area contributed by atoms with Gasteiger partial charge in [0.05, 0.1) is 12.9 Å². The van der Waals surface area contributed by atoms with E-state index in [0.717, 1.165) is 11.7 Å². The molecule has 5 atom stereocenters. The first-order valence-corrected chi connectivity index (χ1v) is 14.4. The number of rotatable bonds is 13. The molecule has 0 amide bonds. The van der Waals surface area contributed by atoms with Crippen molar-refractivity contribution in [3.63, 3.8) is 0 Å². The Morgan fingerprint density at radius 1 is 0.880 bits per heavy atom. The summed E-state index contributed by atoms with van der Waals surface area (Å²) in [6.07, 6.45) is -11.3. The molecule has 2 aliphatic heterocycles. The van der Waals surface area contributed by atoms with Crippen molar-refractivity contribution in [1.82, 2.24) is 19.5 Å². The monoisotopic (exact) mass is 789 g/mol. The van der Waals surface area contributed by atoms with Crippen LogP contribution in [0.1, 0.15) is 19.6 Å². The highest BCUT2D eigenvalue weighted by molar-refractivity contribution is 7.47. The van der Waals surface area contributed by atoms with E-state index >= 15 is 0 Å². The lowest BCUT2D eigenvalue weighted by molar-refractivity contribution is -0.460. The molecule has 50 heavy (non-hydrogen) atoms. The Balaban J connectivity index is 1.70. The third-order valence-corrected chi connectivity index (χ3v) is 8.63. The minimum absolute atomic E-state index is 0.00176. The Labute approximate surface area is 264 Å². The van der Waals surface area contributed by atoms with Crippen molar-refractivity contribution in [2.24, 2.45) is 0 Å². The van der Waals surface area contributed by atoms with Gasteiger partial charge in [0.1, 0.15) is 24.1 Å². The van der Waals surface area contributed by atoms with Crippen LogP contribution in [0.15, 0.2) is 12.7 Å². The fraction of sp³-hybridized carbons (Fsp3) is 0.762. The van der Waals surface area contributed by atoms with Crippen molar-refractivity contribution in [3.8, 4) is 0 Å². The van der Waals surface area contributed by atoms with E-state index in [0.29, 0.717) is 6.33 Å². The fourth-order valence-corrected chi connectivity index (χ4v) is 5.50. The lowest BCUT2D eigenvalue weighted by atomic mass is 9.90. The van der Waals surface area contributed by atoms with E-state index in [-0.39, 0.29) is 24.7 Å². The number of aromatic nitrogens is 4. The van der Waals surface area contributed by atoms with Crippen LogP contribution >= 0.6 is 7.82 Å². The zero-order chi connectivity index (χ0) is 38.5. The predicted molar refractivity (Wildman–Crippen MR) is 124 cm³/mol. The molecule has 3 unspecified atom stereocenters. The molecule has 0 radical (unpaired) electrons. The van der Waals surface area contributed by atoms with Gasteiger partial charge in [0.2, 0.25) is 0 Å². The number of hydrogen-bond donors (Lipinski definition) is 2. The second-order valence-electron chi connectivity index (χ2n) is 10.6. The van der Waals surface area contributed by atoms with E-state index in [1.807, 2.05) is 0 Å². The molecule has 2 fully saturated rings. The normalized spacial score (nSPS) is 25.7. The molecule has 0 spiro atoms. The second-order valence-corrected chi connectivity index (χ2v) is 12.1. The van der Waals surface area contributed by atoms with E-state index in [1.54, 1.807) is 0 Å². The maximum Gasteiger partial charge on any atom is 0.472 e. The highest BCUT2D eigenvalue weighted by atomic mass is 31.2. The Morgan fingerprint density at radius 2 is 1.40 bits per heavy atom.